The molecule has 0 unspecified atom stereocenters. The number of carbonyl (C=O) groups is 1. The highest BCUT2D eigenvalue weighted by Gasteiger charge is 2.10. The van der Waals surface area contributed by atoms with Gasteiger partial charge < -0.3 is 5.73 Å². The van der Waals surface area contributed by atoms with E-state index in [1.165, 1.54) is 0 Å². The minimum Gasteiger partial charge on any atom is -0.366 e. The van der Waals surface area contributed by atoms with Crippen molar-refractivity contribution in [3.63, 3.8) is 0 Å². The maximum Gasteiger partial charge on any atom is 0.248 e. The zero-order chi connectivity index (χ0) is 14.8. The smallest absolute Gasteiger partial charge is 0.248 e. The van der Waals surface area contributed by atoms with Crippen LogP contribution in [0.5, 0.6) is 0 Å². The van der Waals surface area contributed by atoms with Gasteiger partial charge in [0.25, 0.3) is 0 Å². The summed E-state index contributed by atoms with van der Waals surface area (Å²) in [7, 11) is 0. The molecule has 2 N–H and O–H groups in total. The molecule has 104 valence electrons. The molecule has 2 aromatic carbocycles. The van der Waals surface area contributed by atoms with Crippen molar-refractivity contribution >= 4 is 16.8 Å². The number of hydrogen-bond donors (Lipinski definition) is 1. The number of aromatic nitrogens is 1. The van der Waals surface area contributed by atoms with Gasteiger partial charge in [0.05, 0.1) is 5.52 Å². The van der Waals surface area contributed by atoms with E-state index >= 15 is 0 Å². The molecule has 0 radical (unpaired) electrons. The van der Waals surface area contributed by atoms with E-state index in [-0.39, 0.29) is 5.91 Å². The van der Waals surface area contributed by atoms with Crippen LogP contribution >= 0.6 is 0 Å². The Balaban J connectivity index is 2.13. The summed E-state index contributed by atoms with van der Waals surface area (Å²) in [6.07, 6.45) is 0.670. The number of benzene rings is 2. The number of nitrogens with two attached hydrogens (primary N) is 1. The number of fused-ring (bicyclic) bond motifs is 1. The minimum absolute atomic E-state index is 0.388. The average molecular weight is 276 g/mol. The zero-order valence-corrected chi connectivity index (χ0v) is 11.8. The van der Waals surface area contributed by atoms with Crippen LogP contribution in [0.2, 0.25) is 0 Å². The molecule has 0 saturated heterocycles. The summed E-state index contributed by atoms with van der Waals surface area (Å²) in [5, 5.41) is 1.11. The monoisotopic (exact) mass is 276 g/mol. The van der Waals surface area contributed by atoms with Crippen LogP contribution in [0.15, 0.2) is 54.6 Å². The fraction of sp³-hybridized carbons (Fsp3) is 0.111. The molecule has 1 amide bonds. The predicted octanol–water partition coefficient (Wildman–Crippen LogP) is 3.23. The highest BCUT2D eigenvalue weighted by Crippen LogP contribution is 2.22. The maximum absolute atomic E-state index is 11.6. The lowest BCUT2D eigenvalue weighted by Crippen LogP contribution is -2.13. The first-order chi connectivity index (χ1) is 10.1. The van der Waals surface area contributed by atoms with Crippen LogP contribution < -0.4 is 5.73 Å². The first kappa shape index (κ1) is 13.3. The standard InChI is InChI=1S/C18H16N2O/c1-12-10-14(15-7-4-5-9-17(15)20-12)11-13-6-2-3-8-16(13)18(19)21/h2-10H,11H2,1H3,(H2,19,21). The molecule has 3 heteroatoms. The molecule has 0 spiro atoms. The second-order valence-corrected chi connectivity index (χ2v) is 5.14. The molecule has 21 heavy (non-hydrogen) atoms. The quantitative estimate of drug-likeness (QED) is 0.798. The van der Waals surface area contributed by atoms with Crippen LogP contribution in [0.25, 0.3) is 10.9 Å². The molecular formula is C18H16N2O. The Labute approximate surface area is 123 Å². The third-order valence-electron chi connectivity index (χ3n) is 3.59. The Morgan fingerprint density at radius 3 is 2.57 bits per heavy atom. The van der Waals surface area contributed by atoms with Crippen molar-refractivity contribution in [2.24, 2.45) is 5.73 Å². The van der Waals surface area contributed by atoms with E-state index in [0.29, 0.717) is 12.0 Å². The van der Waals surface area contributed by atoms with Gasteiger partial charge in [-0.25, -0.2) is 0 Å². The van der Waals surface area contributed by atoms with Gasteiger partial charge in [-0.2, -0.15) is 0 Å². The predicted molar refractivity (Wildman–Crippen MR) is 84.2 cm³/mol. The summed E-state index contributed by atoms with van der Waals surface area (Å²) in [6.45, 7) is 1.98. The summed E-state index contributed by atoms with van der Waals surface area (Å²) < 4.78 is 0. The molecule has 0 saturated carbocycles. The molecule has 0 fully saturated rings. The third-order valence-corrected chi connectivity index (χ3v) is 3.59. The molecule has 1 aromatic heterocycles. The molecule has 1 heterocycles. The van der Waals surface area contributed by atoms with Gasteiger partial charge in [-0.05, 0) is 42.7 Å². The van der Waals surface area contributed by atoms with E-state index in [1.54, 1.807) is 6.07 Å². The van der Waals surface area contributed by atoms with E-state index < -0.39 is 0 Å². The topological polar surface area (TPSA) is 56.0 Å². The van der Waals surface area contributed by atoms with Crippen LogP contribution in [0, 0.1) is 6.92 Å². The second-order valence-electron chi connectivity index (χ2n) is 5.14. The first-order valence-corrected chi connectivity index (χ1v) is 6.88. The van der Waals surface area contributed by atoms with Crippen LogP contribution in [-0.2, 0) is 6.42 Å². The van der Waals surface area contributed by atoms with Crippen molar-refractivity contribution in [3.8, 4) is 0 Å². The van der Waals surface area contributed by atoms with Crippen LogP contribution in [0.4, 0.5) is 0 Å². The molecule has 3 aromatic rings. The van der Waals surface area contributed by atoms with Gasteiger partial charge in [0.2, 0.25) is 5.91 Å². The lowest BCUT2D eigenvalue weighted by molar-refractivity contribution is 0.0999. The SMILES string of the molecule is Cc1cc(Cc2ccccc2C(N)=O)c2ccccc2n1. The number of para-hydroxylation sites is 1. The van der Waals surface area contributed by atoms with Gasteiger partial charge in [0, 0.05) is 16.6 Å². The van der Waals surface area contributed by atoms with Gasteiger partial charge in [-0.3, -0.25) is 9.78 Å². The van der Waals surface area contributed by atoms with Gasteiger partial charge in [0.1, 0.15) is 0 Å². The summed E-state index contributed by atoms with van der Waals surface area (Å²) in [6, 6.07) is 17.6. The van der Waals surface area contributed by atoms with Crippen molar-refractivity contribution in [1.82, 2.24) is 4.98 Å². The lowest BCUT2D eigenvalue weighted by Gasteiger charge is -2.10. The fourth-order valence-electron chi connectivity index (χ4n) is 2.66. The van der Waals surface area contributed by atoms with Crippen LogP contribution in [0.1, 0.15) is 27.2 Å². The average Bonchev–Trinajstić information content (AvgIpc) is 2.47. The van der Waals surface area contributed by atoms with Crippen molar-refractivity contribution in [3.05, 3.63) is 77.0 Å². The Bertz CT molecular complexity index is 824. The molecule has 3 nitrogen and oxygen atoms in total. The van der Waals surface area contributed by atoms with E-state index in [0.717, 1.165) is 27.7 Å². The van der Waals surface area contributed by atoms with Gasteiger partial charge in [-0.1, -0.05) is 36.4 Å². The second kappa shape index (κ2) is 5.37. The van der Waals surface area contributed by atoms with Gasteiger partial charge in [-0.15, -0.1) is 0 Å². The van der Waals surface area contributed by atoms with E-state index in [2.05, 4.69) is 17.1 Å². The largest absolute Gasteiger partial charge is 0.366 e. The highest BCUT2D eigenvalue weighted by atomic mass is 16.1. The number of rotatable bonds is 3. The van der Waals surface area contributed by atoms with Crippen molar-refractivity contribution in [1.29, 1.82) is 0 Å². The lowest BCUT2D eigenvalue weighted by atomic mass is 9.96. The minimum atomic E-state index is -0.388. The molecule has 0 aliphatic carbocycles. The normalized spacial score (nSPS) is 10.7. The summed E-state index contributed by atoms with van der Waals surface area (Å²) >= 11 is 0. The zero-order valence-electron chi connectivity index (χ0n) is 11.8. The molecular weight excluding hydrogens is 260 g/mol. The number of carbonyl (C=O) groups excluding carboxylic acids is 1. The fourth-order valence-corrected chi connectivity index (χ4v) is 2.66. The molecule has 3 rings (SSSR count). The number of amides is 1. The van der Waals surface area contributed by atoms with E-state index in [4.69, 9.17) is 5.73 Å². The maximum atomic E-state index is 11.6. The number of aryl methyl sites for hydroxylation is 1. The number of nitrogens with zero attached hydrogens (tertiary/aromatic N) is 1. The summed E-state index contributed by atoms with van der Waals surface area (Å²) in [5.41, 5.74) is 10.1. The van der Waals surface area contributed by atoms with Crippen molar-refractivity contribution in [2.45, 2.75) is 13.3 Å². The Morgan fingerprint density at radius 1 is 1.05 bits per heavy atom. The van der Waals surface area contributed by atoms with Crippen molar-refractivity contribution < 1.29 is 4.79 Å². The van der Waals surface area contributed by atoms with Crippen LogP contribution in [0.3, 0.4) is 0 Å². The Kier molecular flexibility index (Phi) is 3.40. The third kappa shape index (κ3) is 2.63. The van der Waals surface area contributed by atoms with Crippen molar-refractivity contribution in [2.75, 3.05) is 0 Å². The molecule has 0 bridgehead atoms. The van der Waals surface area contributed by atoms with Gasteiger partial charge >= 0.3 is 0 Å². The molecule has 0 aliphatic heterocycles. The summed E-state index contributed by atoms with van der Waals surface area (Å²) in [4.78, 5) is 16.1. The number of primary amides is 1. The van der Waals surface area contributed by atoms with Crippen LogP contribution in [-0.4, -0.2) is 10.9 Å². The molecule has 0 atom stereocenters. The molecule has 0 aliphatic rings. The van der Waals surface area contributed by atoms with E-state index in [9.17, 15) is 4.79 Å². The van der Waals surface area contributed by atoms with E-state index in [1.807, 2.05) is 43.3 Å². The number of hydrogen-bond acceptors (Lipinski definition) is 2. The first-order valence-electron chi connectivity index (χ1n) is 6.88. The Morgan fingerprint density at radius 2 is 1.76 bits per heavy atom. The number of pyridine rings is 1. The Hall–Kier alpha value is -2.68. The highest BCUT2D eigenvalue weighted by molar-refractivity contribution is 5.94. The summed E-state index contributed by atoms with van der Waals surface area (Å²) in [5.74, 6) is -0.388. The van der Waals surface area contributed by atoms with Gasteiger partial charge in [0.15, 0.2) is 0 Å².